The van der Waals surface area contributed by atoms with Crippen molar-refractivity contribution in [2.24, 2.45) is 11.8 Å². The van der Waals surface area contributed by atoms with Gasteiger partial charge >= 0.3 is 11.9 Å². The summed E-state index contributed by atoms with van der Waals surface area (Å²) in [5.74, 6) is 0.786. The summed E-state index contributed by atoms with van der Waals surface area (Å²) in [7, 11) is 0. The molecule has 2 N–H and O–H groups in total. The minimum atomic E-state index is -0.115. The molecule has 0 aliphatic carbocycles. The topological polar surface area (TPSA) is 117 Å². The predicted octanol–water partition coefficient (Wildman–Crippen LogP) is 12.6. The van der Waals surface area contributed by atoms with Crippen LogP contribution in [0.4, 0.5) is 0 Å². The van der Waals surface area contributed by atoms with Crippen molar-refractivity contribution in [2.75, 3.05) is 52.4 Å². The number of ether oxygens (including phenoxy) is 2. The number of amides is 2. The van der Waals surface area contributed by atoms with Gasteiger partial charge in [0.05, 0.1) is 24.7 Å². The summed E-state index contributed by atoms with van der Waals surface area (Å²) in [6.07, 6.45) is 29.8. The van der Waals surface area contributed by atoms with Gasteiger partial charge in [0.15, 0.2) is 0 Å². The zero-order valence-corrected chi connectivity index (χ0v) is 43.6. The monoisotopic (exact) mass is 945 g/mol. The Morgan fingerprint density at radius 2 is 0.721 bits per heavy atom. The Morgan fingerprint density at radius 3 is 1.01 bits per heavy atom. The molecule has 0 unspecified atom stereocenters. The molecule has 384 valence electrons. The number of nitrogens with one attached hydrogen (secondary N) is 2. The number of benzene rings is 2. The van der Waals surface area contributed by atoms with Gasteiger partial charge < -0.3 is 29.9 Å². The standard InChI is InChI=1S/C58H96N4O6/c1-5-9-13-17-21-27-51(28-22-18-14-10-6-2)57(65)67-53-35-31-49(32-36-53)47-55(63)59-39-25-41-61-43-45-62(46-44-61)42-26-40-60-56(64)48-50-33-37-54(38-34-50)68-58(66)52(29-23-19-15-11-7-3)30-24-20-16-12-8-4/h31-38,51-52H,5-30,39-48H2,1-4H3,(H,59,63)(H,60,64). The van der Waals surface area contributed by atoms with Gasteiger partial charge in [-0.15, -0.1) is 0 Å². The molecule has 1 aliphatic rings. The quantitative estimate of drug-likeness (QED) is 0.0385. The molecule has 1 aliphatic heterocycles. The number of piperazine rings is 1. The lowest BCUT2D eigenvalue weighted by Gasteiger charge is -2.34. The van der Waals surface area contributed by atoms with Crippen molar-refractivity contribution in [3.8, 4) is 11.5 Å². The third kappa shape index (κ3) is 27.4. The molecule has 0 bridgehead atoms. The molecule has 1 saturated heterocycles. The van der Waals surface area contributed by atoms with Crippen molar-refractivity contribution >= 4 is 23.8 Å². The van der Waals surface area contributed by atoms with Gasteiger partial charge in [-0.25, -0.2) is 0 Å². The van der Waals surface area contributed by atoms with Crippen molar-refractivity contribution in [3.63, 3.8) is 0 Å². The Bertz CT molecular complexity index is 1460. The summed E-state index contributed by atoms with van der Waals surface area (Å²) < 4.78 is 11.7. The maximum atomic E-state index is 13.2. The van der Waals surface area contributed by atoms with Crippen molar-refractivity contribution in [3.05, 3.63) is 59.7 Å². The SMILES string of the molecule is CCCCCCCC(CCCCCCC)C(=O)Oc1ccc(CC(=O)NCCCN2CCN(CCCNC(=O)Cc3ccc(OC(=O)C(CCCCCCC)CCCCCCC)cc3)CC2)cc1. The Morgan fingerprint density at radius 1 is 0.426 bits per heavy atom. The largest absolute Gasteiger partial charge is 0.426 e. The second-order valence-electron chi connectivity index (χ2n) is 19.8. The van der Waals surface area contributed by atoms with E-state index in [2.05, 4.69) is 48.1 Å². The van der Waals surface area contributed by atoms with Crippen LogP contribution in [0, 0.1) is 11.8 Å². The van der Waals surface area contributed by atoms with Crippen LogP contribution in [0.5, 0.6) is 11.5 Å². The molecule has 1 heterocycles. The molecule has 0 spiro atoms. The van der Waals surface area contributed by atoms with Gasteiger partial charge in [-0.3, -0.25) is 19.2 Å². The van der Waals surface area contributed by atoms with Crippen LogP contribution in [-0.4, -0.2) is 85.9 Å². The van der Waals surface area contributed by atoms with Crippen LogP contribution in [0.3, 0.4) is 0 Å². The summed E-state index contributed by atoms with van der Waals surface area (Å²) in [4.78, 5) is 56.8. The number of hydrogen-bond acceptors (Lipinski definition) is 8. The Kier molecular flexibility index (Phi) is 32.8. The highest BCUT2D eigenvalue weighted by atomic mass is 16.5. The van der Waals surface area contributed by atoms with Crippen LogP contribution in [-0.2, 0) is 32.0 Å². The second kappa shape index (κ2) is 38.0. The molecule has 0 aromatic heterocycles. The summed E-state index contributed by atoms with van der Waals surface area (Å²) in [5, 5.41) is 6.17. The van der Waals surface area contributed by atoms with E-state index in [9.17, 15) is 19.2 Å². The fraction of sp³-hybridized carbons (Fsp3) is 0.724. The van der Waals surface area contributed by atoms with Crippen molar-refractivity contribution in [2.45, 2.75) is 207 Å². The highest BCUT2D eigenvalue weighted by molar-refractivity contribution is 5.79. The fourth-order valence-corrected chi connectivity index (χ4v) is 9.28. The highest BCUT2D eigenvalue weighted by Gasteiger charge is 2.22. The summed E-state index contributed by atoms with van der Waals surface area (Å²) in [6, 6.07) is 14.9. The molecule has 68 heavy (non-hydrogen) atoms. The van der Waals surface area contributed by atoms with Gasteiger partial charge in [0.2, 0.25) is 11.8 Å². The number of carbonyl (C=O) groups excluding carboxylic acids is 4. The second-order valence-corrected chi connectivity index (χ2v) is 19.8. The number of unbranched alkanes of at least 4 members (excludes halogenated alkanes) is 16. The first-order chi connectivity index (χ1) is 33.2. The van der Waals surface area contributed by atoms with Gasteiger partial charge in [0.1, 0.15) is 11.5 Å². The Balaban J connectivity index is 1.25. The summed E-state index contributed by atoms with van der Waals surface area (Å²) >= 11 is 0. The molecule has 10 nitrogen and oxygen atoms in total. The van der Waals surface area contributed by atoms with E-state index in [-0.39, 0.29) is 35.6 Å². The molecule has 0 atom stereocenters. The molecule has 2 amide bonds. The number of carbonyl (C=O) groups is 4. The Labute approximate surface area is 414 Å². The summed E-state index contributed by atoms with van der Waals surface area (Å²) in [5.41, 5.74) is 1.81. The first-order valence-corrected chi connectivity index (χ1v) is 27.8. The van der Waals surface area contributed by atoms with E-state index in [0.29, 0.717) is 37.4 Å². The van der Waals surface area contributed by atoms with E-state index >= 15 is 0 Å². The van der Waals surface area contributed by atoms with Crippen molar-refractivity contribution < 1.29 is 28.7 Å². The smallest absolute Gasteiger partial charge is 0.314 e. The van der Waals surface area contributed by atoms with Gasteiger partial charge in [-0.05, 0) is 87.0 Å². The highest BCUT2D eigenvalue weighted by Crippen LogP contribution is 2.25. The van der Waals surface area contributed by atoms with Crippen LogP contribution in [0.2, 0.25) is 0 Å². The number of hydrogen-bond donors (Lipinski definition) is 2. The third-order valence-corrected chi connectivity index (χ3v) is 13.7. The summed E-state index contributed by atoms with van der Waals surface area (Å²) in [6.45, 7) is 16.1. The van der Waals surface area contributed by atoms with E-state index < -0.39 is 0 Å². The lowest BCUT2D eigenvalue weighted by Crippen LogP contribution is -2.47. The average molecular weight is 945 g/mol. The van der Waals surface area contributed by atoms with Crippen LogP contribution in [0.15, 0.2) is 48.5 Å². The lowest BCUT2D eigenvalue weighted by molar-refractivity contribution is -0.140. The van der Waals surface area contributed by atoms with Gasteiger partial charge in [0, 0.05) is 39.3 Å². The normalized spacial score (nSPS) is 13.3. The first kappa shape index (κ1) is 58.6. The third-order valence-electron chi connectivity index (χ3n) is 13.7. The van der Waals surface area contributed by atoms with E-state index in [1.54, 1.807) is 0 Å². The van der Waals surface area contributed by atoms with E-state index in [4.69, 9.17) is 9.47 Å². The van der Waals surface area contributed by atoms with E-state index in [1.165, 1.54) is 103 Å². The number of esters is 2. The minimum absolute atomic E-state index is 0.00374. The molecular weight excluding hydrogens is 849 g/mol. The molecule has 0 radical (unpaired) electrons. The maximum Gasteiger partial charge on any atom is 0.314 e. The van der Waals surface area contributed by atoms with Crippen LogP contribution >= 0.6 is 0 Å². The van der Waals surface area contributed by atoms with Gasteiger partial charge in [-0.1, -0.05) is 180 Å². The fourth-order valence-electron chi connectivity index (χ4n) is 9.28. The lowest BCUT2D eigenvalue weighted by atomic mass is 9.94. The zero-order valence-electron chi connectivity index (χ0n) is 43.6. The van der Waals surface area contributed by atoms with E-state index in [1.807, 2.05) is 48.5 Å². The predicted molar refractivity (Wildman–Crippen MR) is 280 cm³/mol. The molecule has 0 saturated carbocycles. The molecule has 1 fully saturated rings. The molecule has 2 aromatic carbocycles. The van der Waals surface area contributed by atoms with Crippen molar-refractivity contribution in [1.29, 1.82) is 0 Å². The molecule has 10 heteroatoms. The van der Waals surface area contributed by atoms with E-state index in [0.717, 1.165) is 115 Å². The number of rotatable bonds is 40. The van der Waals surface area contributed by atoms with Gasteiger partial charge in [0.25, 0.3) is 0 Å². The minimum Gasteiger partial charge on any atom is -0.426 e. The van der Waals surface area contributed by atoms with Gasteiger partial charge in [-0.2, -0.15) is 0 Å². The van der Waals surface area contributed by atoms with Crippen molar-refractivity contribution in [1.82, 2.24) is 20.4 Å². The number of nitrogens with zero attached hydrogens (tertiary/aromatic N) is 2. The maximum absolute atomic E-state index is 13.2. The molecule has 3 rings (SSSR count). The zero-order chi connectivity index (χ0) is 48.9. The molecular formula is C58H96N4O6. The first-order valence-electron chi connectivity index (χ1n) is 27.8. The van der Waals surface area contributed by atoms with Crippen LogP contribution in [0.25, 0.3) is 0 Å². The van der Waals surface area contributed by atoms with Crippen LogP contribution in [0.1, 0.15) is 206 Å². The average Bonchev–Trinajstić information content (AvgIpc) is 3.34. The van der Waals surface area contributed by atoms with Crippen LogP contribution < -0.4 is 20.1 Å². The molecule has 2 aromatic rings. The Hall–Kier alpha value is -3.76.